The molecule has 3 aliphatic rings. The zero-order valence-corrected chi connectivity index (χ0v) is 13.9. The van der Waals surface area contributed by atoms with Crippen LogP contribution in [0.2, 0.25) is 0 Å². The fourth-order valence-electron chi connectivity index (χ4n) is 5.43. The third-order valence-corrected chi connectivity index (χ3v) is 6.48. The van der Waals surface area contributed by atoms with Crippen LogP contribution < -0.4 is 0 Å². The molecule has 2 fully saturated rings. The van der Waals surface area contributed by atoms with Crippen molar-refractivity contribution < 1.29 is 14.9 Å². The van der Waals surface area contributed by atoms with Crippen LogP contribution in [0.5, 0.6) is 0 Å². The minimum Gasteiger partial charge on any atom is -0.392 e. The summed E-state index contributed by atoms with van der Waals surface area (Å²) < 4.78 is 6.60. The molecule has 120 valence electrons. The molecule has 0 radical (unpaired) electrons. The summed E-state index contributed by atoms with van der Waals surface area (Å²) in [5.74, 6) is 0.554. The van der Waals surface area contributed by atoms with Gasteiger partial charge in [-0.25, -0.2) is 0 Å². The quantitative estimate of drug-likeness (QED) is 0.786. The van der Waals surface area contributed by atoms with E-state index in [0.29, 0.717) is 5.92 Å². The van der Waals surface area contributed by atoms with E-state index in [0.717, 1.165) is 44.1 Å². The number of hydrogen-bond donors (Lipinski definition) is 2. The normalized spacial score (nSPS) is 47.9. The van der Waals surface area contributed by atoms with Gasteiger partial charge in [0, 0.05) is 5.41 Å². The van der Waals surface area contributed by atoms with E-state index in [2.05, 4.69) is 27.7 Å². The van der Waals surface area contributed by atoms with E-state index < -0.39 is 5.60 Å². The highest BCUT2D eigenvalue weighted by atomic mass is 16.5. The van der Waals surface area contributed by atoms with Crippen LogP contribution >= 0.6 is 0 Å². The molecule has 1 heterocycles. The van der Waals surface area contributed by atoms with E-state index in [1.54, 1.807) is 0 Å². The first-order valence-electron chi connectivity index (χ1n) is 8.46. The summed E-state index contributed by atoms with van der Waals surface area (Å²) in [5, 5.41) is 21.0. The van der Waals surface area contributed by atoms with Crippen molar-refractivity contribution >= 4 is 0 Å². The van der Waals surface area contributed by atoms with Crippen LogP contribution in [0.4, 0.5) is 0 Å². The van der Waals surface area contributed by atoms with Gasteiger partial charge in [-0.05, 0) is 63.5 Å². The topological polar surface area (TPSA) is 49.7 Å². The summed E-state index contributed by atoms with van der Waals surface area (Å²) in [5.41, 5.74) is -0.438. The van der Waals surface area contributed by atoms with Gasteiger partial charge in [0.15, 0.2) is 0 Å². The van der Waals surface area contributed by atoms with Gasteiger partial charge in [-0.15, -0.1) is 0 Å². The predicted molar refractivity (Wildman–Crippen MR) is 83.0 cm³/mol. The summed E-state index contributed by atoms with van der Waals surface area (Å²) in [6.45, 7) is 8.71. The van der Waals surface area contributed by atoms with Gasteiger partial charge in [-0.2, -0.15) is 0 Å². The van der Waals surface area contributed by atoms with Gasteiger partial charge in [-0.1, -0.05) is 20.3 Å². The first-order valence-corrected chi connectivity index (χ1v) is 8.46. The zero-order chi connectivity index (χ0) is 15.5. The number of ether oxygens (including phenoxy) is 1. The van der Waals surface area contributed by atoms with Crippen molar-refractivity contribution in [2.75, 3.05) is 6.61 Å². The molecule has 0 amide bonds. The maximum atomic E-state index is 11.0. The minimum absolute atomic E-state index is 0.00951. The molecule has 4 atom stereocenters. The molecule has 1 unspecified atom stereocenters. The Hall–Kier alpha value is -0.380. The van der Waals surface area contributed by atoms with E-state index in [1.165, 1.54) is 0 Å². The third-order valence-electron chi connectivity index (χ3n) is 6.48. The van der Waals surface area contributed by atoms with Crippen molar-refractivity contribution in [3.63, 3.8) is 0 Å². The molecule has 1 saturated heterocycles. The summed E-state index contributed by atoms with van der Waals surface area (Å²) in [6.07, 6.45) is 7.61. The molecule has 1 aliphatic heterocycles. The van der Waals surface area contributed by atoms with Gasteiger partial charge in [-0.3, -0.25) is 0 Å². The van der Waals surface area contributed by atoms with Gasteiger partial charge in [0.1, 0.15) is 0 Å². The van der Waals surface area contributed by atoms with Gasteiger partial charge >= 0.3 is 0 Å². The minimum atomic E-state index is -0.782. The van der Waals surface area contributed by atoms with E-state index in [1.807, 2.05) is 6.08 Å². The van der Waals surface area contributed by atoms with Crippen LogP contribution in [-0.2, 0) is 4.74 Å². The maximum absolute atomic E-state index is 11.0. The molecule has 3 nitrogen and oxygen atoms in total. The lowest BCUT2D eigenvalue weighted by Crippen LogP contribution is -2.57. The summed E-state index contributed by atoms with van der Waals surface area (Å²) in [4.78, 5) is 0. The standard InChI is InChI=1S/C18H30O3/c1-5-7-17(20)9-14(11-19)18-10-13(15(2,3)21-18)6-8-16(18,4)12-17/h9,13,19-20H,5-8,10-12H2,1-4H3/t13?,16-,17+,18+/m1/s1. The maximum Gasteiger partial charge on any atom is 0.0980 e. The summed E-state index contributed by atoms with van der Waals surface area (Å²) in [7, 11) is 0. The van der Waals surface area contributed by atoms with Crippen molar-refractivity contribution in [3.05, 3.63) is 11.6 Å². The Morgan fingerprint density at radius 1 is 1.33 bits per heavy atom. The molecule has 3 heteroatoms. The highest BCUT2D eigenvalue weighted by Crippen LogP contribution is 2.65. The molecule has 21 heavy (non-hydrogen) atoms. The van der Waals surface area contributed by atoms with Gasteiger partial charge < -0.3 is 14.9 Å². The third kappa shape index (κ3) is 2.04. The lowest BCUT2D eigenvalue weighted by molar-refractivity contribution is -0.156. The molecule has 3 rings (SSSR count). The highest BCUT2D eigenvalue weighted by molar-refractivity contribution is 5.35. The molecule has 0 aromatic rings. The van der Waals surface area contributed by atoms with Crippen LogP contribution in [0.1, 0.15) is 66.2 Å². The number of hydrogen-bond acceptors (Lipinski definition) is 3. The second kappa shape index (κ2) is 4.56. The largest absolute Gasteiger partial charge is 0.392 e. The molecular weight excluding hydrogens is 264 g/mol. The molecule has 1 spiro atoms. The van der Waals surface area contributed by atoms with Crippen molar-refractivity contribution in [3.8, 4) is 0 Å². The average Bonchev–Trinajstić information content (AvgIpc) is 2.61. The second-order valence-corrected chi connectivity index (χ2v) is 8.39. The van der Waals surface area contributed by atoms with Crippen molar-refractivity contribution in [1.29, 1.82) is 0 Å². The highest BCUT2D eigenvalue weighted by Gasteiger charge is 2.66. The SMILES string of the molecule is CCC[C@]1(O)C=C(CO)[C@@]23CC(CC[C@]2(C)C1)C(C)(C)O3. The first-order chi connectivity index (χ1) is 9.70. The molecule has 0 aromatic heterocycles. The Balaban J connectivity index is 2.09. The second-order valence-electron chi connectivity index (χ2n) is 8.39. The van der Waals surface area contributed by atoms with Crippen molar-refractivity contribution in [1.82, 2.24) is 0 Å². The summed E-state index contributed by atoms with van der Waals surface area (Å²) in [6, 6.07) is 0. The molecular formula is C18H30O3. The Kier molecular flexibility index (Phi) is 3.37. The van der Waals surface area contributed by atoms with Crippen LogP contribution in [0.15, 0.2) is 11.6 Å². The van der Waals surface area contributed by atoms with Crippen molar-refractivity contribution in [2.24, 2.45) is 11.3 Å². The Labute approximate surface area is 128 Å². The Morgan fingerprint density at radius 2 is 2.05 bits per heavy atom. The smallest absolute Gasteiger partial charge is 0.0980 e. The number of fused-ring (bicyclic) bond motifs is 1. The van der Waals surface area contributed by atoms with Crippen LogP contribution in [0.3, 0.4) is 0 Å². The van der Waals surface area contributed by atoms with Crippen molar-refractivity contribution in [2.45, 2.75) is 83.0 Å². The van der Waals surface area contributed by atoms with E-state index in [9.17, 15) is 10.2 Å². The molecule has 1 saturated carbocycles. The van der Waals surface area contributed by atoms with E-state index >= 15 is 0 Å². The van der Waals surface area contributed by atoms with Gasteiger partial charge in [0.25, 0.3) is 0 Å². The fourth-order valence-corrected chi connectivity index (χ4v) is 5.43. The first kappa shape index (κ1) is 15.5. The van der Waals surface area contributed by atoms with Crippen LogP contribution in [-0.4, -0.2) is 33.6 Å². The Bertz CT molecular complexity index is 469. The van der Waals surface area contributed by atoms with E-state index in [-0.39, 0.29) is 23.2 Å². The lowest BCUT2D eigenvalue weighted by atomic mass is 9.52. The van der Waals surface area contributed by atoms with Gasteiger partial charge in [0.05, 0.1) is 23.4 Å². The van der Waals surface area contributed by atoms with Crippen LogP contribution in [0.25, 0.3) is 0 Å². The molecule has 0 aromatic carbocycles. The van der Waals surface area contributed by atoms with E-state index in [4.69, 9.17) is 4.74 Å². The molecule has 2 aliphatic carbocycles. The summed E-state index contributed by atoms with van der Waals surface area (Å²) >= 11 is 0. The average molecular weight is 294 g/mol. The monoisotopic (exact) mass is 294 g/mol. The Morgan fingerprint density at radius 3 is 2.67 bits per heavy atom. The van der Waals surface area contributed by atoms with Crippen LogP contribution in [0, 0.1) is 11.3 Å². The molecule has 2 bridgehead atoms. The lowest BCUT2D eigenvalue weighted by Gasteiger charge is -2.55. The predicted octanol–water partition coefficient (Wildman–Crippen LogP) is 3.19. The zero-order valence-electron chi connectivity index (χ0n) is 13.9. The fraction of sp³-hybridized carbons (Fsp3) is 0.889. The number of rotatable bonds is 3. The van der Waals surface area contributed by atoms with Gasteiger partial charge in [0.2, 0.25) is 0 Å². The number of aliphatic hydroxyl groups excluding tert-OH is 1. The molecule has 2 N–H and O–H groups in total. The number of aliphatic hydroxyl groups is 2.